The van der Waals surface area contributed by atoms with Gasteiger partial charge in [0.2, 0.25) is 29.5 Å². The van der Waals surface area contributed by atoms with E-state index in [9.17, 15) is 42.3 Å². The van der Waals surface area contributed by atoms with E-state index in [1.807, 2.05) is 13.8 Å². The Morgan fingerprint density at radius 1 is 0.911 bits per heavy atom. The highest BCUT2D eigenvalue weighted by atomic mass is 19.1. The molecule has 56 heavy (non-hydrogen) atoms. The number of ether oxygens (including phenoxy) is 1. The zero-order valence-corrected chi connectivity index (χ0v) is 32.3. The van der Waals surface area contributed by atoms with Crippen molar-refractivity contribution in [2.75, 3.05) is 25.5 Å². The van der Waals surface area contributed by atoms with E-state index in [0.29, 0.717) is 18.2 Å². The zero-order chi connectivity index (χ0) is 41.0. The van der Waals surface area contributed by atoms with Crippen LogP contribution < -0.4 is 21.3 Å². The van der Waals surface area contributed by atoms with Crippen LogP contribution in [0.5, 0.6) is 0 Å². The van der Waals surface area contributed by atoms with Gasteiger partial charge < -0.3 is 40.7 Å². The number of carbonyl (C=O) groups is 7. The minimum absolute atomic E-state index is 0.0165. The number of anilines is 1. The van der Waals surface area contributed by atoms with Crippen LogP contribution in [0.2, 0.25) is 0 Å². The van der Waals surface area contributed by atoms with Gasteiger partial charge in [0.1, 0.15) is 54.0 Å². The van der Waals surface area contributed by atoms with Crippen LogP contribution in [0.3, 0.4) is 0 Å². The number of likely N-dealkylation sites (N-methyl/N-ethyl adjacent to an activating group) is 1. The number of amides is 7. The number of urea groups is 1. The minimum Gasteiger partial charge on any atom is -0.458 e. The van der Waals surface area contributed by atoms with Gasteiger partial charge >= 0.3 is 12.0 Å². The molecule has 17 heteroatoms. The summed E-state index contributed by atoms with van der Waals surface area (Å²) in [7, 11) is 1.41. The number of nitrogens with zero attached hydrogens (tertiary/aromatic N) is 3. The SMILES string of the molecule is Cc1ccc(NC(=O)N[C@@H](Cc2cc(F)cc(F)c2)C(=O)N[C@@H]2C(=O)N3CCC[C@H]3C(=O)N(C)[C@@H](C)C(=O)N[C@@H](C)C(=O)N3C[C@@H](C)C[C@H]3C(=O)O[C@H]2C)cc1. The van der Waals surface area contributed by atoms with Crippen LogP contribution in [0.25, 0.3) is 0 Å². The molecule has 0 bridgehead atoms. The second-order valence-corrected chi connectivity index (χ2v) is 15.0. The summed E-state index contributed by atoms with van der Waals surface area (Å²) >= 11 is 0. The third-order valence-electron chi connectivity index (χ3n) is 10.6. The maximum Gasteiger partial charge on any atom is 0.329 e. The van der Waals surface area contributed by atoms with Gasteiger partial charge in [-0.05, 0) is 82.7 Å². The van der Waals surface area contributed by atoms with Crippen LogP contribution in [0.4, 0.5) is 19.3 Å². The predicted molar refractivity (Wildman–Crippen MR) is 199 cm³/mol. The van der Waals surface area contributed by atoms with Crippen molar-refractivity contribution in [3.05, 3.63) is 65.2 Å². The first-order valence-electron chi connectivity index (χ1n) is 18.7. The molecule has 8 atom stereocenters. The number of esters is 1. The summed E-state index contributed by atoms with van der Waals surface area (Å²) in [6, 6.07) is 1.25. The van der Waals surface area contributed by atoms with Crippen LogP contribution in [0.15, 0.2) is 42.5 Å². The van der Waals surface area contributed by atoms with Crippen molar-refractivity contribution in [2.24, 2.45) is 5.92 Å². The highest BCUT2D eigenvalue weighted by molar-refractivity contribution is 5.98. The van der Waals surface area contributed by atoms with E-state index in [4.69, 9.17) is 4.74 Å². The summed E-state index contributed by atoms with van der Waals surface area (Å²) in [6.45, 7) is 8.35. The molecule has 0 spiro atoms. The number of carbonyl (C=O) groups excluding carboxylic acids is 7. The molecule has 3 heterocycles. The lowest BCUT2D eigenvalue weighted by Gasteiger charge is -2.36. The van der Waals surface area contributed by atoms with Crippen LogP contribution in [-0.4, -0.2) is 119 Å². The number of hydrogen-bond acceptors (Lipinski definition) is 8. The van der Waals surface area contributed by atoms with E-state index >= 15 is 0 Å². The van der Waals surface area contributed by atoms with E-state index < -0.39 is 102 Å². The van der Waals surface area contributed by atoms with E-state index in [1.54, 1.807) is 24.3 Å². The number of fused-ring (bicyclic) bond motifs is 2. The molecule has 2 aromatic carbocycles. The summed E-state index contributed by atoms with van der Waals surface area (Å²) in [5, 5.41) is 10.4. The van der Waals surface area contributed by atoms with Gasteiger partial charge in [0.15, 0.2) is 0 Å². The van der Waals surface area contributed by atoms with Gasteiger partial charge in [0.05, 0.1) is 0 Å². The molecule has 0 aromatic heterocycles. The first-order chi connectivity index (χ1) is 26.4. The highest BCUT2D eigenvalue weighted by Gasteiger charge is 2.46. The monoisotopic (exact) mass is 781 g/mol. The molecule has 2 aromatic rings. The molecule has 0 aliphatic carbocycles. The van der Waals surface area contributed by atoms with Crippen LogP contribution in [-0.2, 0) is 39.9 Å². The average molecular weight is 782 g/mol. The van der Waals surface area contributed by atoms with Gasteiger partial charge in [0.25, 0.3) is 0 Å². The molecule has 0 saturated carbocycles. The topological polar surface area (TPSA) is 187 Å². The second kappa shape index (κ2) is 17.5. The molecule has 3 saturated heterocycles. The molecule has 0 unspecified atom stereocenters. The van der Waals surface area contributed by atoms with Crippen molar-refractivity contribution in [3.63, 3.8) is 0 Å². The van der Waals surface area contributed by atoms with E-state index in [1.165, 1.54) is 42.5 Å². The number of aryl methyl sites for hydroxylation is 1. The van der Waals surface area contributed by atoms with Gasteiger partial charge in [-0.1, -0.05) is 24.6 Å². The Morgan fingerprint density at radius 2 is 1.57 bits per heavy atom. The Labute approximate surface area is 323 Å². The summed E-state index contributed by atoms with van der Waals surface area (Å²) < 4.78 is 34.4. The number of halogens is 2. The summed E-state index contributed by atoms with van der Waals surface area (Å²) in [6.07, 6.45) is -0.923. The number of benzene rings is 2. The summed E-state index contributed by atoms with van der Waals surface area (Å²) in [5.41, 5.74) is 1.34. The normalized spacial score (nSPS) is 26.9. The molecule has 0 radical (unpaired) electrons. The Balaban J connectivity index is 1.49. The Morgan fingerprint density at radius 3 is 2.23 bits per heavy atom. The van der Waals surface area contributed by atoms with E-state index in [-0.39, 0.29) is 37.4 Å². The molecule has 3 fully saturated rings. The third-order valence-corrected chi connectivity index (χ3v) is 10.6. The van der Waals surface area contributed by atoms with Gasteiger partial charge in [-0.15, -0.1) is 0 Å². The maximum atomic E-state index is 14.5. The lowest BCUT2D eigenvalue weighted by atomic mass is 10.0. The smallest absolute Gasteiger partial charge is 0.329 e. The Hall–Kier alpha value is -5.61. The van der Waals surface area contributed by atoms with Gasteiger partial charge in [-0.25, -0.2) is 18.4 Å². The van der Waals surface area contributed by atoms with E-state index in [0.717, 1.165) is 17.7 Å². The first-order valence-corrected chi connectivity index (χ1v) is 18.7. The zero-order valence-electron chi connectivity index (χ0n) is 32.3. The highest BCUT2D eigenvalue weighted by Crippen LogP contribution is 2.27. The summed E-state index contributed by atoms with van der Waals surface area (Å²) in [5.74, 6) is -6.26. The fourth-order valence-corrected chi connectivity index (χ4v) is 7.32. The van der Waals surface area contributed by atoms with Crippen LogP contribution in [0, 0.1) is 24.5 Å². The molecule has 3 aliphatic heterocycles. The number of nitrogens with one attached hydrogen (secondary N) is 4. The summed E-state index contributed by atoms with van der Waals surface area (Å²) in [4.78, 5) is 100. The fraction of sp³-hybridized carbons (Fsp3) is 0.513. The van der Waals surface area contributed by atoms with Crippen molar-refractivity contribution in [2.45, 2.75) is 103 Å². The Kier molecular flexibility index (Phi) is 13.0. The fourth-order valence-electron chi connectivity index (χ4n) is 7.32. The molecule has 302 valence electrons. The Bertz CT molecular complexity index is 1840. The molecule has 4 N–H and O–H groups in total. The van der Waals surface area contributed by atoms with Crippen LogP contribution >= 0.6 is 0 Å². The molecular formula is C39H49F2N7O8. The standard InChI is InChI=1S/C39H49F2N7O8/c1-20-9-11-28(12-10-20)43-39(55)44-29(17-25-15-26(40)18-27(41)16-25)34(50)45-32-24(5)56-38(54)31-14-21(2)19-48(31)35(51)22(3)42-33(49)23(4)46(6)36(52)30-8-7-13-47(30)37(32)53/h9-12,15-16,18,21-24,29-32H,7-8,13-14,17,19H2,1-6H3,(H,42,49)(H,45,50)(H2,43,44,55)/t21-,22-,23-,24-,29-,30-,31-,32-/m0/s1. The van der Waals surface area contributed by atoms with Gasteiger partial charge in [-0.3, -0.25) is 24.0 Å². The van der Waals surface area contributed by atoms with Gasteiger partial charge in [0, 0.05) is 38.3 Å². The van der Waals surface area contributed by atoms with Crippen LogP contribution in [0.1, 0.15) is 58.1 Å². The molecular weight excluding hydrogens is 732 g/mol. The van der Waals surface area contributed by atoms with Crippen molar-refractivity contribution in [1.82, 2.24) is 30.7 Å². The second-order valence-electron chi connectivity index (χ2n) is 15.0. The number of rotatable bonds is 6. The quantitative estimate of drug-likeness (QED) is 0.321. The largest absolute Gasteiger partial charge is 0.458 e. The molecule has 5 rings (SSSR count). The maximum absolute atomic E-state index is 14.5. The van der Waals surface area contributed by atoms with Crippen molar-refractivity contribution >= 4 is 47.2 Å². The number of hydrogen-bond donors (Lipinski definition) is 4. The van der Waals surface area contributed by atoms with E-state index in [2.05, 4.69) is 21.3 Å². The third kappa shape index (κ3) is 9.60. The van der Waals surface area contributed by atoms with Crippen molar-refractivity contribution < 1.29 is 47.1 Å². The van der Waals surface area contributed by atoms with Crippen molar-refractivity contribution in [3.8, 4) is 0 Å². The lowest BCUT2D eigenvalue weighted by molar-refractivity contribution is -0.162. The van der Waals surface area contributed by atoms with Crippen molar-refractivity contribution in [1.29, 1.82) is 0 Å². The molecule has 15 nitrogen and oxygen atoms in total. The number of cyclic esters (lactones) is 1. The minimum atomic E-state index is -1.63. The molecule has 7 amide bonds. The first kappa shape index (κ1) is 41.6. The molecule has 3 aliphatic rings. The lowest BCUT2D eigenvalue weighted by Crippen LogP contribution is -2.62. The average Bonchev–Trinajstić information content (AvgIpc) is 3.79. The predicted octanol–water partition coefficient (Wildman–Crippen LogP) is 2.02. The van der Waals surface area contributed by atoms with Gasteiger partial charge in [-0.2, -0.15) is 0 Å².